The SMILES string of the molecule is O=C(CC1CCCCC1)Nc1cnccc1CCNC(=O)NC1CCCCC1. The lowest BCUT2D eigenvalue weighted by atomic mass is 9.87. The Labute approximate surface area is 168 Å². The van der Waals surface area contributed by atoms with Gasteiger partial charge in [0.05, 0.1) is 11.9 Å². The summed E-state index contributed by atoms with van der Waals surface area (Å²) >= 11 is 0. The van der Waals surface area contributed by atoms with Crippen LogP contribution in [0, 0.1) is 5.92 Å². The summed E-state index contributed by atoms with van der Waals surface area (Å²) in [6.07, 6.45) is 16.6. The first-order valence-electron chi connectivity index (χ1n) is 11.0. The van der Waals surface area contributed by atoms with E-state index in [1.807, 2.05) is 6.07 Å². The molecule has 1 heterocycles. The largest absolute Gasteiger partial charge is 0.338 e. The van der Waals surface area contributed by atoms with Crippen LogP contribution in [0.25, 0.3) is 0 Å². The van der Waals surface area contributed by atoms with Gasteiger partial charge < -0.3 is 16.0 Å². The van der Waals surface area contributed by atoms with Crippen LogP contribution in [-0.4, -0.2) is 29.5 Å². The third-order valence-corrected chi connectivity index (χ3v) is 6.00. The van der Waals surface area contributed by atoms with Crippen molar-refractivity contribution in [3.63, 3.8) is 0 Å². The molecule has 28 heavy (non-hydrogen) atoms. The van der Waals surface area contributed by atoms with Crippen molar-refractivity contribution < 1.29 is 9.59 Å². The van der Waals surface area contributed by atoms with Gasteiger partial charge in [-0.1, -0.05) is 38.5 Å². The topological polar surface area (TPSA) is 83.1 Å². The van der Waals surface area contributed by atoms with Crippen LogP contribution >= 0.6 is 0 Å². The van der Waals surface area contributed by atoms with Crippen LogP contribution in [0.2, 0.25) is 0 Å². The first-order chi connectivity index (χ1) is 13.7. The van der Waals surface area contributed by atoms with E-state index < -0.39 is 0 Å². The summed E-state index contributed by atoms with van der Waals surface area (Å²) in [6.45, 7) is 0.536. The lowest BCUT2D eigenvalue weighted by molar-refractivity contribution is -0.117. The Kier molecular flexibility index (Phi) is 8.12. The van der Waals surface area contributed by atoms with Gasteiger partial charge in [-0.05, 0) is 49.7 Å². The number of aromatic nitrogens is 1. The van der Waals surface area contributed by atoms with E-state index in [0.717, 1.165) is 36.9 Å². The molecular weight excluding hydrogens is 352 g/mol. The number of anilines is 1. The Hall–Kier alpha value is -2.11. The Morgan fingerprint density at radius 1 is 1.00 bits per heavy atom. The molecule has 0 saturated heterocycles. The normalized spacial score (nSPS) is 18.4. The molecule has 3 amide bonds. The Morgan fingerprint density at radius 3 is 2.46 bits per heavy atom. The first-order valence-corrected chi connectivity index (χ1v) is 11.0. The number of amides is 3. The van der Waals surface area contributed by atoms with Crippen molar-refractivity contribution in [3.05, 3.63) is 24.0 Å². The van der Waals surface area contributed by atoms with Crippen LogP contribution in [0.1, 0.15) is 76.2 Å². The van der Waals surface area contributed by atoms with Crippen molar-refractivity contribution in [1.82, 2.24) is 15.6 Å². The molecule has 0 spiro atoms. The van der Waals surface area contributed by atoms with Crippen molar-refractivity contribution in [2.75, 3.05) is 11.9 Å². The summed E-state index contributed by atoms with van der Waals surface area (Å²) in [6, 6.07) is 2.13. The molecule has 1 aromatic rings. The van der Waals surface area contributed by atoms with Gasteiger partial charge in [-0.25, -0.2) is 4.79 Å². The zero-order chi connectivity index (χ0) is 19.6. The summed E-state index contributed by atoms with van der Waals surface area (Å²) in [7, 11) is 0. The monoisotopic (exact) mass is 386 g/mol. The predicted octanol–water partition coefficient (Wildman–Crippen LogP) is 4.16. The van der Waals surface area contributed by atoms with Crippen LogP contribution in [-0.2, 0) is 11.2 Å². The number of rotatable bonds is 7. The van der Waals surface area contributed by atoms with E-state index >= 15 is 0 Å². The smallest absolute Gasteiger partial charge is 0.315 e. The Morgan fingerprint density at radius 2 is 1.71 bits per heavy atom. The van der Waals surface area contributed by atoms with Crippen molar-refractivity contribution in [2.24, 2.45) is 5.92 Å². The maximum Gasteiger partial charge on any atom is 0.315 e. The number of nitrogens with zero attached hydrogens (tertiary/aromatic N) is 1. The van der Waals surface area contributed by atoms with Crippen LogP contribution < -0.4 is 16.0 Å². The highest BCUT2D eigenvalue weighted by atomic mass is 16.2. The molecule has 2 aliphatic carbocycles. The Bertz CT molecular complexity index is 637. The molecule has 0 bridgehead atoms. The second-order valence-corrected chi connectivity index (χ2v) is 8.27. The molecule has 2 aliphatic rings. The van der Waals surface area contributed by atoms with Gasteiger partial charge >= 0.3 is 6.03 Å². The number of hydrogen-bond acceptors (Lipinski definition) is 3. The minimum absolute atomic E-state index is 0.0733. The fraction of sp³-hybridized carbons (Fsp3) is 0.682. The highest BCUT2D eigenvalue weighted by Crippen LogP contribution is 2.27. The van der Waals surface area contributed by atoms with Crippen LogP contribution in [0.15, 0.2) is 18.5 Å². The molecule has 0 atom stereocenters. The lowest BCUT2D eigenvalue weighted by Gasteiger charge is -2.23. The van der Waals surface area contributed by atoms with Crippen LogP contribution in [0.5, 0.6) is 0 Å². The average Bonchev–Trinajstić information content (AvgIpc) is 2.71. The fourth-order valence-electron chi connectivity index (χ4n) is 4.40. The predicted molar refractivity (Wildman–Crippen MR) is 111 cm³/mol. The molecule has 6 heteroatoms. The molecule has 1 aromatic heterocycles. The molecule has 6 nitrogen and oxygen atoms in total. The number of pyridine rings is 1. The number of carbonyl (C=O) groups is 2. The van der Waals surface area contributed by atoms with E-state index in [-0.39, 0.29) is 11.9 Å². The van der Waals surface area contributed by atoms with E-state index in [0.29, 0.717) is 31.3 Å². The van der Waals surface area contributed by atoms with Crippen molar-refractivity contribution >= 4 is 17.6 Å². The van der Waals surface area contributed by atoms with E-state index in [1.165, 1.54) is 38.5 Å². The zero-order valence-electron chi connectivity index (χ0n) is 16.8. The second-order valence-electron chi connectivity index (χ2n) is 8.27. The van der Waals surface area contributed by atoms with Gasteiger partial charge in [-0.2, -0.15) is 0 Å². The molecule has 0 radical (unpaired) electrons. The fourth-order valence-corrected chi connectivity index (χ4v) is 4.40. The van der Waals surface area contributed by atoms with Crippen LogP contribution in [0.3, 0.4) is 0 Å². The molecule has 3 rings (SSSR count). The molecule has 3 N–H and O–H groups in total. The highest BCUT2D eigenvalue weighted by molar-refractivity contribution is 5.91. The van der Waals surface area contributed by atoms with Gasteiger partial charge in [0.2, 0.25) is 5.91 Å². The Balaban J connectivity index is 1.42. The lowest BCUT2D eigenvalue weighted by Crippen LogP contribution is -2.43. The van der Waals surface area contributed by atoms with Gasteiger partial charge in [0.1, 0.15) is 0 Å². The van der Waals surface area contributed by atoms with Crippen molar-refractivity contribution in [2.45, 2.75) is 83.1 Å². The number of nitrogens with one attached hydrogen (secondary N) is 3. The summed E-state index contributed by atoms with van der Waals surface area (Å²) in [5.74, 6) is 0.586. The summed E-state index contributed by atoms with van der Waals surface area (Å²) < 4.78 is 0. The number of carbonyl (C=O) groups excluding carboxylic acids is 2. The minimum Gasteiger partial charge on any atom is -0.338 e. The third kappa shape index (κ3) is 6.80. The average molecular weight is 387 g/mol. The summed E-state index contributed by atoms with van der Waals surface area (Å²) in [5.41, 5.74) is 1.77. The molecule has 0 unspecified atom stereocenters. The molecule has 154 valence electrons. The van der Waals surface area contributed by atoms with E-state index in [2.05, 4.69) is 20.9 Å². The van der Waals surface area contributed by atoms with E-state index in [4.69, 9.17) is 0 Å². The highest BCUT2D eigenvalue weighted by Gasteiger charge is 2.18. The third-order valence-electron chi connectivity index (χ3n) is 6.00. The first kappa shape index (κ1) is 20.6. The minimum atomic E-state index is -0.0937. The van der Waals surface area contributed by atoms with Gasteiger partial charge in [0, 0.05) is 25.2 Å². The molecular formula is C22H34N4O2. The van der Waals surface area contributed by atoms with E-state index in [1.54, 1.807) is 12.4 Å². The summed E-state index contributed by atoms with van der Waals surface area (Å²) in [5, 5.41) is 9.04. The van der Waals surface area contributed by atoms with Gasteiger partial charge in [-0.3, -0.25) is 9.78 Å². The van der Waals surface area contributed by atoms with Gasteiger partial charge in [0.15, 0.2) is 0 Å². The molecule has 0 aliphatic heterocycles. The van der Waals surface area contributed by atoms with Crippen LogP contribution in [0.4, 0.5) is 10.5 Å². The van der Waals surface area contributed by atoms with Gasteiger partial charge in [0.25, 0.3) is 0 Å². The maximum atomic E-state index is 12.4. The molecule has 2 saturated carbocycles. The standard InChI is InChI=1S/C22H34N4O2/c27-21(15-17-7-3-1-4-8-17)26-20-16-23-13-11-18(20)12-14-24-22(28)25-19-9-5-2-6-10-19/h11,13,16-17,19H,1-10,12,14-15H2,(H,26,27)(H2,24,25,28). The number of urea groups is 1. The number of hydrogen-bond donors (Lipinski definition) is 3. The zero-order valence-corrected chi connectivity index (χ0v) is 16.8. The second kappa shape index (κ2) is 11.0. The quantitative estimate of drug-likeness (QED) is 0.658. The maximum absolute atomic E-state index is 12.4. The molecule has 0 aromatic carbocycles. The summed E-state index contributed by atoms with van der Waals surface area (Å²) in [4.78, 5) is 28.7. The van der Waals surface area contributed by atoms with Crippen molar-refractivity contribution in [3.8, 4) is 0 Å². The van der Waals surface area contributed by atoms with Crippen molar-refractivity contribution in [1.29, 1.82) is 0 Å². The van der Waals surface area contributed by atoms with E-state index in [9.17, 15) is 9.59 Å². The molecule has 2 fully saturated rings. The van der Waals surface area contributed by atoms with Gasteiger partial charge in [-0.15, -0.1) is 0 Å².